The number of para-hydroxylation sites is 1. The summed E-state index contributed by atoms with van der Waals surface area (Å²) in [6.07, 6.45) is 0. The average molecular weight is 270 g/mol. The number of hydrogen-bond donors (Lipinski definition) is 1. The zero-order valence-corrected chi connectivity index (χ0v) is 12.6. The Bertz CT molecular complexity index is 729. The van der Waals surface area contributed by atoms with Crippen LogP contribution in [0.2, 0.25) is 0 Å². The lowest BCUT2D eigenvalue weighted by molar-refractivity contribution is 0.586. The van der Waals surface area contributed by atoms with E-state index in [0.29, 0.717) is 0 Å². The second-order valence-corrected chi connectivity index (χ2v) is 6.82. The number of thiazole rings is 1. The highest BCUT2D eigenvalue weighted by molar-refractivity contribution is 7.10. The second-order valence-electron chi connectivity index (χ2n) is 5.96. The van der Waals surface area contributed by atoms with Crippen molar-refractivity contribution in [2.75, 3.05) is 0 Å². The van der Waals surface area contributed by atoms with E-state index in [2.05, 4.69) is 62.3 Å². The van der Waals surface area contributed by atoms with Crippen LogP contribution in [0.25, 0.3) is 22.2 Å². The van der Waals surface area contributed by atoms with E-state index in [0.717, 1.165) is 5.69 Å². The second kappa shape index (κ2) is 4.20. The molecule has 0 aliphatic carbocycles. The van der Waals surface area contributed by atoms with Gasteiger partial charge in [0.05, 0.1) is 10.7 Å². The van der Waals surface area contributed by atoms with Crippen LogP contribution in [-0.2, 0) is 5.41 Å². The predicted molar refractivity (Wildman–Crippen MR) is 82.8 cm³/mol. The largest absolute Gasteiger partial charge is 0.358 e. The molecule has 3 heteroatoms. The van der Waals surface area contributed by atoms with E-state index in [-0.39, 0.29) is 5.41 Å². The van der Waals surface area contributed by atoms with Gasteiger partial charge in [-0.3, -0.25) is 0 Å². The predicted octanol–water partition coefficient (Wildman–Crippen LogP) is 4.90. The number of rotatable bonds is 1. The molecule has 1 aromatic carbocycles. The maximum Gasteiger partial charge on any atom is 0.0986 e. The quantitative estimate of drug-likeness (QED) is 0.669. The number of aromatic nitrogens is 2. The molecule has 3 aromatic rings. The van der Waals surface area contributed by atoms with Crippen LogP contribution in [0.3, 0.4) is 0 Å². The molecule has 3 rings (SSSR count). The van der Waals surface area contributed by atoms with Gasteiger partial charge in [0.15, 0.2) is 0 Å². The van der Waals surface area contributed by atoms with Crippen molar-refractivity contribution in [3.05, 3.63) is 40.3 Å². The summed E-state index contributed by atoms with van der Waals surface area (Å²) in [6.45, 7) is 8.73. The summed E-state index contributed by atoms with van der Waals surface area (Å²) in [5.41, 5.74) is 4.81. The van der Waals surface area contributed by atoms with Crippen molar-refractivity contribution in [2.24, 2.45) is 0 Å². The molecule has 0 saturated carbocycles. The fraction of sp³-hybridized carbons (Fsp3) is 0.312. The van der Waals surface area contributed by atoms with Crippen molar-refractivity contribution in [2.45, 2.75) is 33.1 Å². The molecule has 0 atom stereocenters. The van der Waals surface area contributed by atoms with Gasteiger partial charge in [-0.15, -0.1) is 11.3 Å². The van der Waals surface area contributed by atoms with Gasteiger partial charge in [-0.1, -0.05) is 39.0 Å². The molecule has 19 heavy (non-hydrogen) atoms. The van der Waals surface area contributed by atoms with Gasteiger partial charge < -0.3 is 4.98 Å². The van der Waals surface area contributed by atoms with Gasteiger partial charge in [0.2, 0.25) is 0 Å². The van der Waals surface area contributed by atoms with Crippen LogP contribution in [0.15, 0.2) is 29.6 Å². The first kappa shape index (κ1) is 12.4. The molecule has 0 aliphatic heterocycles. The maximum atomic E-state index is 4.83. The van der Waals surface area contributed by atoms with E-state index in [1.165, 1.54) is 27.2 Å². The first-order valence-corrected chi connectivity index (χ1v) is 7.38. The number of aryl methyl sites for hydroxylation is 1. The van der Waals surface area contributed by atoms with Gasteiger partial charge in [0.1, 0.15) is 0 Å². The Hall–Kier alpha value is -1.61. The summed E-state index contributed by atoms with van der Waals surface area (Å²) >= 11 is 1.75. The third-order valence-corrected chi connectivity index (χ3v) is 4.56. The number of fused-ring (bicyclic) bond motifs is 1. The Labute approximate surface area is 117 Å². The van der Waals surface area contributed by atoms with E-state index in [4.69, 9.17) is 4.98 Å². The van der Waals surface area contributed by atoms with Gasteiger partial charge >= 0.3 is 0 Å². The first-order chi connectivity index (χ1) is 8.97. The summed E-state index contributed by atoms with van der Waals surface area (Å²) in [6, 6.07) is 8.41. The van der Waals surface area contributed by atoms with Crippen LogP contribution in [-0.4, -0.2) is 9.97 Å². The number of benzene rings is 1. The van der Waals surface area contributed by atoms with Crippen molar-refractivity contribution in [1.29, 1.82) is 0 Å². The Morgan fingerprint density at radius 3 is 2.58 bits per heavy atom. The minimum atomic E-state index is 0.114. The summed E-state index contributed by atoms with van der Waals surface area (Å²) in [5, 5.41) is 4.61. The number of H-pyrrole nitrogens is 1. The van der Waals surface area contributed by atoms with Crippen LogP contribution >= 0.6 is 11.3 Å². The number of nitrogens with one attached hydrogen (secondary N) is 1. The third kappa shape index (κ3) is 2.08. The summed E-state index contributed by atoms with van der Waals surface area (Å²) in [7, 11) is 0. The molecule has 0 unspecified atom stereocenters. The molecule has 98 valence electrons. The van der Waals surface area contributed by atoms with Gasteiger partial charge in [0.25, 0.3) is 0 Å². The average Bonchev–Trinajstić information content (AvgIpc) is 2.90. The monoisotopic (exact) mass is 270 g/mol. The molecule has 0 amide bonds. The SMILES string of the molecule is Cc1[nH]c2ccccc2c1-c1csc(C(C)(C)C)n1. The molecule has 0 fully saturated rings. The van der Waals surface area contributed by atoms with Gasteiger partial charge in [-0.25, -0.2) is 4.98 Å². The standard InChI is InChI=1S/C16H18N2S/c1-10-14(11-7-5-6-8-12(11)17-10)13-9-19-15(18-13)16(2,3)4/h5-9,17H,1-4H3. The van der Waals surface area contributed by atoms with Crippen molar-refractivity contribution >= 4 is 22.2 Å². The van der Waals surface area contributed by atoms with E-state index < -0.39 is 0 Å². The van der Waals surface area contributed by atoms with Crippen molar-refractivity contribution in [1.82, 2.24) is 9.97 Å². The van der Waals surface area contributed by atoms with Gasteiger partial charge in [0, 0.05) is 33.0 Å². The molecule has 0 spiro atoms. The zero-order chi connectivity index (χ0) is 13.6. The Morgan fingerprint density at radius 1 is 1.16 bits per heavy atom. The van der Waals surface area contributed by atoms with Gasteiger partial charge in [-0.2, -0.15) is 0 Å². The van der Waals surface area contributed by atoms with E-state index in [1.54, 1.807) is 11.3 Å². The van der Waals surface area contributed by atoms with Crippen LogP contribution in [0.4, 0.5) is 0 Å². The zero-order valence-electron chi connectivity index (χ0n) is 11.7. The van der Waals surface area contributed by atoms with E-state index >= 15 is 0 Å². The highest BCUT2D eigenvalue weighted by Gasteiger charge is 2.20. The normalized spacial score (nSPS) is 12.2. The number of nitrogens with zero attached hydrogens (tertiary/aromatic N) is 1. The Kier molecular flexibility index (Phi) is 2.75. The molecular formula is C16H18N2S. The van der Waals surface area contributed by atoms with Gasteiger partial charge in [-0.05, 0) is 13.0 Å². The van der Waals surface area contributed by atoms with Crippen molar-refractivity contribution < 1.29 is 0 Å². The Balaban J connectivity index is 2.19. The lowest BCUT2D eigenvalue weighted by atomic mass is 9.98. The maximum absolute atomic E-state index is 4.83. The Morgan fingerprint density at radius 2 is 1.89 bits per heavy atom. The molecule has 0 bridgehead atoms. The molecule has 2 nitrogen and oxygen atoms in total. The molecule has 0 aliphatic rings. The van der Waals surface area contributed by atoms with E-state index in [9.17, 15) is 0 Å². The lowest BCUT2D eigenvalue weighted by Gasteiger charge is -2.13. The van der Waals surface area contributed by atoms with Crippen LogP contribution in [0, 0.1) is 6.92 Å². The minimum Gasteiger partial charge on any atom is -0.358 e. The van der Waals surface area contributed by atoms with Crippen LogP contribution in [0.5, 0.6) is 0 Å². The fourth-order valence-corrected chi connectivity index (χ4v) is 3.24. The van der Waals surface area contributed by atoms with Crippen molar-refractivity contribution in [3.63, 3.8) is 0 Å². The van der Waals surface area contributed by atoms with E-state index in [1.807, 2.05) is 0 Å². The molecule has 0 radical (unpaired) electrons. The molecule has 2 aromatic heterocycles. The summed E-state index contributed by atoms with van der Waals surface area (Å²) in [5.74, 6) is 0. The third-order valence-electron chi connectivity index (χ3n) is 3.30. The number of aromatic amines is 1. The first-order valence-electron chi connectivity index (χ1n) is 6.50. The summed E-state index contributed by atoms with van der Waals surface area (Å²) in [4.78, 5) is 8.27. The lowest BCUT2D eigenvalue weighted by Crippen LogP contribution is -2.10. The molecule has 2 heterocycles. The fourth-order valence-electron chi connectivity index (χ4n) is 2.34. The number of hydrogen-bond acceptors (Lipinski definition) is 2. The smallest absolute Gasteiger partial charge is 0.0986 e. The highest BCUT2D eigenvalue weighted by atomic mass is 32.1. The van der Waals surface area contributed by atoms with Crippen LogP contribution < -0.4 is 0 Å². The minimum absolute atomic E-state index is 0.114. The summed E-state index contributed by atoms with van der Waals surface area (Å²) < 4.78 is 0. The molecule has 1 N–H and O–H groups in total. The molecule has 0 saturated heterocycles. The van der Waals surface area contributed by atoms with Crippen LogP contribution in [0.1, 0.15) is 31.5 Å². The highest BCUT2D eigenvalue weighted by Crippen LogP contribution is 2.35. The topological polar surface area (TPSA) is 28.7 Å². The molecular weight excluding hydrogens is 252 g/mol. The van der Waals surface area contributed by atoms with Crippen molar-refractivity contribution in [3.8, 4) is 11.3 Å².